The predicted molar refractivity (Wildman–Crippen MR) is 113 cm³/mol. The molecule has 11 unspecified atom stereocenters. The summed E-state index contributed by atoms with van der Waals surface area (Å²) in [5.74, 6) is 0.115. The Hall–Kier alpha value is -0.320. The number of allylic oxidation sites excluding steroid dienone is 1. The van der Waals surface area contributed by atoms with E-state index in [1.807, 2.05) is 6.08 Å². The smallest absolute Gasteiger partial charge is 0.547 e. The van der Waals surface area contributed by atoms with E-state index in [1.54, 1.807) is 0 Å². The second-order valence-corrected chi connectivity index (χ2v) is 11.4. The van der Waals surface area contributed by atoms with Crippen LogP contribution in [0.5, 0.6) is 0 Å². The fourth-order valence-corrected chi connectivity index (χ4v) is 8.05. The van der Waals surface area contributed by atoms with E-state index in [4.69, 9.17) is 9.47 Å². The number of rotatable bonds is 3. The summed E-state index contributed by atoms with van der Waals surface area (Å²) < 4.78 is 11.5. The van der Waals surface area contributed by atoms with Gasteiger partial charge in [-0.2, -0.15) is 0 Å². The minimum absolute atomic E-state index is 0. The molecule has 11 atom stereocenters. The van der Waals surface area contributed by atoms with Crippen molar-refractivity contribution in [3.05, 3.63) is 11.6 Å². The number of aliphatic hydroxyl groups excluding tert-OH is 3. The van der Waals surface area contributed by atoms with Gasteiger partial charge in [-0.15, -0.1) is 0 Å². The Morgan fingerprint density at radius 1 is 1.03 bits per heavy atom. The number of carboxylic acid groups (broad SMARTS) is 1. The van der Waals surface area contributed by atoms with Gasteiger partial charge in [-0.3, -0.25) is 4.79 Å². The number of ketones is 1. The van der Waals surface area contributed by atoms with Crippen LogP contribution < -0.4 is 34.7 Å². The third-order valence-corrected chi connectivity index (χ3v) is 9.98. The van der Waals surface area contributed by atoms with Crippen molar-refractivity contribution < 1.29 is 69.0 Å². The van der Waals surface area contributed by atoms with Gasteiger partial charge in [0.05, 0.1) is 12.1 Å². The van der Waals surface area contributed by atoms with E-state index in [0.29, 0.717) is 24.2 Å². The number of aliphatic carboxylic acids is 1. The van der Waals surface area contributed by atoms with Gasteiger partial charge in [-0.25, -0.2) is 0 Å². The molecule has 34 heavy (non-hydrogen) atoms. The van der Waals surface area contributed by atoms with Crippen LogP contribution in [-0.2, 0) is 19.1 Å². The van der Waals surface area contributed by atoms with Crippen molar-refractivity contribution in [2.45, 2.75) is 102 Å². The zero-order valence-corrected chi connectivity index (χ0v) is 22.3. The SMILES string of the molecule is CC12CCC(=O)C=C1CCC1C2CCC2(C)C(OC3OC(C(=O)[O-])C(O)C(O)C3O)CCC12.[Na+]. The largest absolute Gasteiger partial charge is 1.00 e. The van der Waals surface area contributed by atoms with Gasteiger partial charge in [-0.05, 0) is 79.6 Å². The van der Waals surface area contributed by atoms with Gasteiger partial charge in [-0.1, -0.05) is 19.4 Å². The molecule has 1 aliphatic heterocycles. The molecule has 0 amide bonds. The molecule has 3 saturated carbocycles. The van der Waals surface area contributed by atoms with Crippen molar-refractivity contribution in [1.29, 1.82) is 0 Å². The monoisotopic (exact) mass is 486 g/mol. The van der Waals surface area contributed by atoms with Gasteiger partial charge in [0.25, 0.3) is 0 Å². The average molecular weight is 487 g/mol. The van der Waals surface area contributed by atoms with Gasteiger partial charge < -0.3 is 34.7 Å². The molecule has 0 aromatic rings. The summed E-state index contributed by atoms with van der Waals surface area (Å²) >= 11 is 0. The number of carboxylic acids is 1. The quantitative estimate of drug-likeness (QED) is 0.372. The minimum atomic E-state index is -1.78. The Labute approximate surface area is 222 Å². The van der Waals surface area contributed by atoms with Gasteiger partial charge in [0, 0.05) is 6.42 Å². The number of carbonyl (C=O) groups excluding carboxylic acids is 2. The van der Waals surface area contributed by atoms with Crippen LogP contribution in [0.1, 0.15) is 65.2 Å². The number of hydrogen-bond donors (Lipinski definition) is 3. The molecule has 4 fully saturated rings. The van der Waals surface area contributed by atoms with Gasteiger partial charge >= 0.3 is 29.6 Å². The first-order valence-corrected chi connectivity index (χ1v) is 12.4. The number of ether oxygens (including phenoxy) is 2. The van der Waals surface area contributed by atoms with Crippen molar-refractivity contribution >= 4 is 11.8 Å². The zero-order valence-electron chi connectivity index (χ0n) is 20.3. The van der Waals surface area contributed by atoms with E-state index in [2.05, 4.69) is 13.8 Å². The van der Waals surface area contributed by atoms with E-state index in [1.165, 1.54) is 5.57 Å². The number of aliphatic hydroxyl groups is 3. The Morgan fingerprint density at radius 3 is 2.47 bits per heavy atom. The summed E-state index contributed by atoms with van der Waals surface area (Å²) in [5.41, 5.74) is 1.26. The summed E-state index contributed by atoms with van der Waals surface area (Å²) in [6, 6.07) is 0. The molecule has 9 heteroatoms. The predicted octanol–water partition coefficient (Wildman–Crippen LogP) is -2.53. The Kier molecular flexibility index (Phi) is 7.49. The maximum absolute atomic E-state index is 12.0. The normalized spacial score (nSPS) is 50.3. The van der Waals surface area contributed by atoms with Crippen LogP contribution in [0.2, 0.25) is 0 Å². The summed E-state index contributed by atoms with van der Waals surface area (Å²) in [4.78, 5) is 23.4. The molecule has 184 valence electrons. The summed E-state index contributed by atoms with van der Waals surface area (Å²) in [6.45, 7) is 4.56. The molecule has 5 rings (SSSR count). The molecule has 0 spiro atoms. The summed E-state index contributed by atoms with van der Waals surface area (Å²) in [6.07, 6.45) is 0.854. The summed E-state index contributed by atoms with van der Waals surface area (Å²) in [5, 5.41) is 41.8. The third kappa shape index (κ3) is 4.06. The Bertz CT molecular complexity index is 862. The molecule has 0 aromatic heterocycles. The number of fused-ring (bicyclic) bond motifs is 5. The van der Waals surface area contributed by atoms with Crippen LogP contribution in [0.15, 0.2) is 11.6 Å². The van der Waals surface area contributed by atoms with Crippen LogP contribution in [0.3, 0.4) is 0 Å². The topological polar surface area (TPSA) is 136 Å². The van der Waals surface area contributed by atoms with E-state index >= 15 is 0 Å². The first-order valence-electron chi connectivity index (χ1n) is 12.4. The number of hydrogen-bond acceptors (Lipinski definition) is 8. The molecule has 1 saturated heterocycles. The van der Waals surface area contributed by atoms with Crippen molar-refractivity contribution in [3.63, 3.8) is 0 Å². The van der Waals surface area contributed by atoms with Crippen molar-refractivity contribution in [1.82, 2.24) is 0 Å². The van der Waals surface area contributed by atoms with Crippen molar-refractivity contribution in [3.8, 4) is 0 Å². The molecule has 8 nitrogen and oxygen atoms in total. The van der Waals surface area contributed by atoms with Crippen molar-refractivity contribution in [2.75, 3.05) is 0 Å². The van der Waals surface area contributed by atoms with Crippen LogP contribution >= 0.6 is 0 Å². The minimum Gasteiger partial charge on any atom is -0.547 e. The molecule has 4 aliphatic carbocycles. The van der Waals surface area contributed by atoms with Crippen LogP contribution in [0, 0.1) is 28.6 Å². The first kappa shape index (κ1) is 26.7. The number of carbonyl (C=O) groups is 2. The average Bonchev–Trinajstić information content (AvgIpc) is 3.10. The molecule has 0 radical (unpaired) electrons. The first-order chi connectivity index (χ1) is 15.6. The van der Waals surface area contributed by atoms with E-state index in [-0.39, 0.29) is 52.3 Å². The Balaban J connectivity index is 0.00000274. The second kappa shape index (κ2) is 9.53. The van der Waals surface area contributed by atoms with Gasteiger partial charge in [0.1, 0.15) is 24.4 Å². The molecule has 1 heterocycles. The van der Waals surface area contributed by atoms with Crippen molar-refractivity contribution in [2.24, 2.45) is 28.6 Å². The van der Waals surface area contributed by atoms with Crippen LogP contribution in [0.25, 0.3) is 0 Å². The Morgan fingerprint density at radius 2 is 1.76 bits per heavy atom. The third-order valence-electron chi connectivity index (χ3n) is 9.98. The maximum Gasteiger partial charge on any atom is 1.00 e. The molecular formula is C25H35NaO8. The standard InChI is InChI=1S/C25H36O8.Na/c1-24-9-7-13(26)11-12(24)3-4-14-15-5-6-17(25(15,2)10-8-16(14)24)32-23-20(29)18(27)19(28)21(33-23)22(30)31;/h11,14-21,23,27-29H,3-10H2,1-2H3,(H,30,31);/q;+1/p-1. The van der Waals surface area contributed by atoms with Gasteiger partial charge in [0.2, 0.25) is 0 Å². The molecule has 0 bridgehead atoms. The zero-order chi connectivity index (χ0) is 23.7. The molecule has 3 N–H and O–H groups in total. The fraction of sp³-hybridized carbons (Fsp3) is 0.840. The summed E-state index contributed by atoms with van der Waals surface area (Å²) in [7, 11) is 0. The maximum atomic E-state index is 12.0. The second-order valence-electron chi connectivity index (χ2n) is 11.4. The molecule has 0 aromatic carbocycles. The fourth-order valence-electron chi connectivity index (χ4n) is 8.05. The van der Waals surface area contributed by atoms with Gasteiger partial charge in [0.15, 0.2) is 12.1 Å². The molecular weight excluding hydrogens is 451 g/mol. The van der Waals surface area contributed by atoms with Crippen LogP contribution in [-0.4, -0.2) is 63.9 Å². The van der Waals surface area contributed by atoms with E-state index < -0.39 is 36.7 Å². The molecule has 5 aliphatic rings. The van der Waals surface area contributed by atoms with E-state index in [0.717, 1.165) is 44.9 Å². The van der Waals surface area contributed by atoms with Crippen LogP contribution in [0.4, 0.5) is 0 Å². The van der Waals surface area contributed by atoms with E-state index in [9.17, 15) is 30.0 Å².